The van der Waals surface area contributed by atoms with Gasteiger partial charge < -0.3 is 15.2 Å². The third-order valence-corrected chi connectivity index (χ3v) is 3.54. The Balaban J connectivity index is 1.92. The van der Waals surface area contributed by atoms with Crippen LogP contribution in [0.3, 0.4) is 0 Å². The molecule has 22 heavy (non-hydrogen) atoms. The number of esters is 1. The lowest BCUT2D eigenvalue weighted by Crippen LogP contribution is -2.10. The SMILES string of the molecule is Nc1cc(F)cc(COC(=O)CCC2CCOC2)c1[N+](=O)[O-]. The summed E-state index contributed by atoms with van der Waals surface area (Å²) < 4.78 is 23.5. The molecular weight excluding hydrogens is 295 g/mol. The molecule has 1 atom stereocenters. The number of anilines is 1. The molecule has 0 radical (unpaired) electrons. The van der Waals surface area contributed by atoms with E-state index in [1.54, 1.807) is 0 Å². The van der Waals surface area contributed by atoms with Crippen molar-refractivity contribution in [2.45, 2.75) is 25.9 Å². The number of nitrogens with zero attached hydrogens (tertiary/aromatic N) is 1. The third kappa shape index (κ3) is 4.14. The minimum atomic E-state index is -0.714. The average molecular weight is 312 g/mol. The molecule has 0 spiro atoms. The zero-order valence-corrected chi connectivity index (χ0v) is 11.9. The summed E-state index contributed by atoms with van der Waals surface area (Å²) in [7, 11) is 0. The number of carbonyl (C=O) groups is 1. The molecule has 1 aliphatic rings. The molecule has 2 rings (SSSR count). The molecule has 1 aromatic rings. The van der Waals surface area contributed by atoms with E-state index in [9.17, 15) is 19.3 Å². The first-order chi connectivity index (χ1) is 10.5. The molecule has 0 amide bonds. The van der Waals surface area contributed by atoms with Gasteiger partial charge in [0, 0.05) is 25.7 Å². The molecule has 0 bridgehead atoms. The van der Waals surface area contributed by atoms with Crippen LogP contribution in [0, 0.1) is 21.8 Å². The maximum Gasteiger partial charge on any atom is 0.306 e. The van der Waals surface area contributed by atoms with Crippen LogP contribution in [0.15, 0.2) is 12.1 Å². The minimum absolute atomic E-state index is 0.0555. The van der Waals surface area contributed by atoms with Crippen LogP contribution in [0.5, 0.6) is 0 Å². The number of nitrogens with two attached hydrogens (primary N) is 1. The Morgan fingerprint density at radius 2 is 2.32 bits per heavy atom. The highest BCUT2D eigenvalue weighted by Crippen LogP contribution is 2.28. The summed E-state index contributed by atoms with van der Waals surface area (Å²) in [4.78, 5) is 21.9. The maximum absolute atomic E-state index is 13.3. The van der Waals surface area contributed by atoms with Gasteiger partial charge in [-0.25, -0.2) is 4.39 Å². The number of nitro benzene ring substituents is 1. The van der Waals surface area contributed by atoms with Gasteiger partial charge in [-0.2, -0.15) is 0 Å². The van der Waals surface area contributed by atoms with Crippen molar-refractivity contribution in [3.63, 3.8) is 0 Å². The summed E-state index contributed by atoms with van der Waals surface area (Å²) in [6, 6.07) is 1.82. The predicted molar refractivity (Wildman–Crippen MR) is 75.4 cm³/mol. The summed E-state index contributed by atoms with van der Waals surface area (Å²) in [6.45, 7) is 0.964. The van der Waals surface area contributed by atoms with Crippen molar-refractivity contribution >= 4 is 17.3 Å². The van der Waals surface area contributed by atoms with Crippen LogP contribution >= 0.6 is 0 Å². The lowest BCUT2D eigenvalue weighted by molar-refractivity contribution is -0.384. The zero-order chi connectivity index (χ0) is 16.1. The van der Waals surface area contributed by atoms with Crippen molar-refractivity contribution in [2.75, 3.05) is 18.9 Å². The second-order valence-electron chi connectivity index (χ2n) is 5.19. The van der Waals surface area contributed by atoms with Crippen molar-refractivity contribution in [3.8, 4) is 0 Å². The van der Waals surface area contributed by atoms with E-state index in [4.69, 9.17) is 15.2 Å². The maximum atomic E-state index is 13.3. The molecule has 1 aliphatic heterocycles. The Labute approximate surface area is 126 Å². The standard InChI is InChI=1S/C14H17FN2O5/c15-11-5-10(14(17(19)20)12(16)6-11)8-22-13(18)2-1-9-3-4-21-7-9/h5-6,9H,1-4,7-8,16H2. The van der Waals surface area contributed by atoms with Gasteiger partial charge in [0.2, 0.25) is 0 Å². The highest BCUT2D eigenvalue weighted by molar-refractivity contribution is 5.70. The van der Waals surface area contributed by atoms with E-state index in [0.717, 1.165) is 18.6 Å². The van der Waals surface area contributed by atoms with Gasteiger partial charge in [-0.1, -0.05) is 0 Å². The van der Waals surface area contributed by atoms with Crippen molar-refractivity contribution in [3.05, 3.63) is 33.6 Å². The Hall–Kier alpha value is -2.22. The summed E-state index contributed by atoms with van der Waals surface area (Å²) in [5.74, 6) is -0.854. The fourth-order valence-corrected chi connectivity index (χ4v) is 2.37. The van der Waals surface area contributed by atoms with Crippen LogP contribution in [0.25, 0.3) is 0 Å². The number of hydrogen-bond donors (Lipinski definition) is 1. The number of rotatable bonds is 6. The zero-order valence-electron chi connectivity index (χ0n) is 11.9. The van der Waals surface area contributed by atoms with E-state index in [1.165, 1.54) is 0 Å². The quantitative estimate of drug-likeness (QED) is 0.373. The number of carbonyl (C=O) groups excluding carboxylic acids is 1. The van der Waals surface area contributed by atoms with E-state index in [1.807, 2.05) is 0 Å². The van der Waals surface area contributed by atoms with E-state index < -0.39 is 22.4 Å². The van der Waals surface area contributed by atoms with Gasteiger partial charge in [-0.15, -0.1) is 0 Å². The number of nitro groups is 1. The second-order valence-corrected chi connectivity index (χ2v) is 5.19. The summed E-state index contributed by atoms with van der Waals surface area (Å²) in [5.41, 5.74) is 4.65. The van der Waals surface area contributed by atoms with Gasteiger partial charge >= 0.3 is 5.97 Å². The van der Waals surface area contributed by atoms with Crippen LogP contribution in [0.1, 0.15) is 24.8 Å². The second kappa shape index (κ2) is 7.17. The van der Waals surface area contributed by atoms with Gasteiger partial charge in [-0.3, -0.25) is 14.9 Å². The molecule has 0 aromatic heterocycles. The normalized spacial score (nSPS) is 17.4. The number of nitrogen functional groups attached to an aromatic ring is 1. The molecule has 1 fully saturated rings. The first kappa shape index (κ1) is 16.2. The van der Waals surface area contributed by atoms with Gasteiger partial charge in [0.05, 0.1) is 10.5 Å². The molecule has 1 heterocycles. The summed E-state index contributed by atoms with van der Waals surface area (Å²) in [6.07, 6.45) is 1.76. The van der Waals surface area contributed by atoms with Crippen LogP contribution in [0.4, 0.5) is 15.8 Å². The van der Waals surface area contributed by atoms with E-state index in [0.29, 0.717) is 25.6 Å². The molecular formula is C14H17FN2O5. The Bertz CT molecular complexity index is 573. The highest BCUT2D eigenvalue weighted by atomic mass is 19.1. The smallest absolute Gasteiger partial charge is 0.306 e. The molecule has 0 aliphatic carbocycles. The Kier molecular flexibility index (Phi) is 5.26. The number of halogens is 1. The third-order valence-electron chi connectivity index (χ3n) is 3.54. The molecule has 120 valence electrons. The largest absolute Gasteiger partial charge is 0.461 e. The van der Waals surface area contributed by atoms with Crippen molar-refractivity contribution < 1.29 is 23.6 Å². The van der Waals surface area contributed by atoms with Crippen LogP contribution in [-0.4, -0.2) is 24.1 Å². The van der Waals surface area contributed by atoms with Crippen molar-refractivity contribution in [2.24, 2.45) is 5.92 Å². The van der Waals surface area contributed by atoms with Crippen LogP contribution in [0.2, 0.25) is 0 Å². The van der Waals surface area contributed by atoms with E-state index >= 15 is 0 Å². The fraction of sp³-hybridized carbons (Fsp3) is 0.500. The first-order valence-electron chi connectivity index (χ1n) is 6.93. The number of ether oxygens (including phenoxy) is 2. The Morgan fingerprint density at radius 1 is 1.55 bits per heavy atom. The van der Waals surface area contributed by atoms with Gasteiger partial charge in [0.15, 0.2) is 0 Å². The van der Waals surface area contributed by atoms with Crippen molar-refractivity contribution in [1.82, 2.24) is 0 Å². The van der Waals surface area contributed by atoms with Crippen LogP contribution in [-0.2, 0) is 20.9 Å². The molecule has 1 aromatic carbocycles. The highest BCUT2D eigenvalue weighted by Gasteiger charge is 2.22. The number of hydrogen-bond acceptors (Lipinski definition) is 6. The first-order valence-corrected chi connectivity index (χ1v) is 6.93. The van der Waals surface area contributed by atoms with E-state index in [2.05, 4.69) is 0 Å². The minimum Gasteiger partial charge on any atom is -0.461 e. The molecule has 2 N–H and O–H groups in total. The summed E-state index contributed by atoms with van der Waals surface area (Å²) in [5, 5.41) is 10.9. The molecule has 8 heteroatoms. The lowest BCUT2D eigenvalue weighted by Gasteiger charge is -2.09. The van der Waals surface area contributed by atoms with Crippen LogP contribution < -0.4 is 5.73 Å². The molecule has 0 saturated carbocycles. The monoisotopic (exact) mass is 312 g/mol. The van der Waals surface area contributed by atoms with E-state index in [-0.39, 0.29) is 24.3 Å². The summed E-state index contributed by atoms with van der Waals surface area (Å²) >= 11 is 0. The molecule has 1 saturated heterocycles. The topological polar surface area (TPSA) is 105 Å². The fourth-order valence-electron chi connectivity index (χ4n) is 2.37. The Morgan fingerprint density at radius 3 is 2.95 bits per heavy atom. The van der Waals surface area contributed by atoms with Gasteiger partial charge in [-0.05, 0) is 24.8 Å². The number of benzene rings is 1. The van der Waals surface area contributed by atoms with Gasteiger partial charge in [0.1, 0.15) is 18.1 Å². The van der Waals surface area contributed by atoms with Crippen molar-refractivity contribution in [1.29, 1.82) is 0 Å². The molecule has 1 unspecified atom stereocenters. The van der Waals surface area contributed by atoms with Gasteiger partial charge in [0.25, 0.3) is 5.69 Å². The molecule has 7 nitrogen and oxygen atoms in total. The predicted octanol–water partition coefficient (Wildman–Crippen LogP) is 2.18. The lowest BCUT2D eigenvalue weighted by atomic mass is 10.0. The average Bonchev–Trinajstić information content (AvgIpc) is 2.94.